The Kier molecular flexibility index (Phi) is 5.20. The van der Waals surface area contributed by atoms with Gasteiger partial charge in [0.25, 0.3) is 5.91 Å². The van der Waals surface area contributed by atoms with E-state index in [1.54, 1.807) is 18.5 Å². The van der Waals surface area contributed by atoms with Gasteiger partial charge in [-0.3, -0.25) is 14.6 Å². The summed E-state index contributed by atoms with van der Waals surface area (Å²) in [6, 6.07) is 4.17. The van der Waals surface area contributed by atoms with Crippen molar-refractivity contribution in [3.63, 3.8) is 0 Å². The van der Waals surface area contributed by atoms with E-state index in [9.17, 15) is 9.59 Å². The molecule has 2 amide bonds. The Balaban J connectivity index is 1.41. The van der Waals surface area contributed by atoms with Gasteiger partial charge in [-0.2, -0.15) is 0 Å². The summed E-state index contributed by atoms with van der Waals surface area (Å²) in [6.45, 7) is 2.90. The zero-order valence-electron chi connectivity index (χ0n) is 15.2. The monoisotopic (exact) mass is 357 g/mol. The Hall–Kier alpha value is -1.95. The molecule has 0 spiro atoms. The maximum absolute atomic E-state index is 12.9. The standard InChI is InChI=1S/C20H27N3O3/c24-19(16-2-1-9-21-14-16)22-10-5-17(6-11-22)23(20(25)15-3-4-15)18-7-12-26-13-8-18/h1-2,9,14-15,17-18H,3-8,10-13H2. The number of hydrogen-bond acceptors (Lipinski definition) is 4. The number of ether oxygens (including phenoxy) is 1. The SMILES string of the molecule is O=C(c1cccnc1)N1CCC(N(C(=O)C2CC2)C2CCOCC2)CC1. The Bertz CT molecular complexity index is 633. The first-order chi connectivity index (χ1) is 12.7. The van der Waals surface area contributed by atoms with E-state index in [1.165, 1.54) is 0 Å². The quantitative estimate of drug-likeness (QED) is 0.828. The maximum Gasteiger partial charge on any atom is 0.255 e. The number of piperidine rings is 1. The number of hydrogen-bond donors (Lipinski definition) is 0. The smallest absolute Gasteiger partial charge is 0.255 e. The van der Waals surface area contributed by atoms with Crippen LogP contribution in [0.15, 0.2) is 24.5 Å². The molecule has 6 nitrogen and oxygen atoms in total. The van der Waals surface area contributed by atoms with Crippen molar-refractivity contribution >= 4 is 11.8 Å². The first-order valence-corrected chi connectivity index (χ1v) is 9.83. The molecule has 0 aromatic carbocycles. The van der Waals surface area contributed by atoms with Gasteiger partial charge in [0.2, 0.25) is 5.91 Å². The van der Waals surface area contributed by atoms with Gasteiger partial charge in [0.05, 0.1) is 5.56 Å². The van der Waals surface area contributed by atoms with Gasteiger partial charge in [0.15, 0.2) is 0 Å². The number of carbonyl (C=O) groups is 2. The summed E-state index contributed by atoms with van der Waals surface area (Å²) in [4.78, 5) is 33.7. The highest BCUT2D eigenvalue weighted by Gasteiger charge is 2.41. The minimum absolute atomic E-state index is 0.0442. The Morgan fingerprint density at radius 1 is 1.04 bits per heavy atom. The summed E-state index contributed by atoms with van der Waals surface area (Å²) in [6.07, 6.45) is 8.98. The molecule has 1 aromatic heterocycles. The highest BCUT2D eigenvalue weighted by Crippen LogP contribution is 2.35. The Morgan fingerprint density at radius 2 is 1.73 bits per heavy atom. The van der Waals surface area contributed by atoms with Gasteiger partial charge in [-0.05, 0) is 50.7 Å². The number of amides is 2. The minimum atomic E-state index is 0.0442. The summed E-state index contributed by atoms with van der Waals surface area (Å²) in [5.74, 6) is 0.629. The van der Waals surface area contributed by atoms with Crippen LogP contribution in [0, 0.1) is 5.92 Å². The normalized spacial score (nSPS) is 22.2. The second kappa shape index (κ2) is 7.74. The third-order valence-electron chi connectivity index (χ3n) is 5.82. The van der Waals surface area contributed by atoms with Crippen LogP contribution in [0.4, 0.5) is 0 Å². The molecule has 0 radical (unpaired) electrons. The van der Waals surface area contributed by atoms with Crippen LogP contribution in [0.25, 0.3) is 0 Å². The largest absolute Gasteiger partial charge is 0.381 e. The zero-order valence-corrected chi connectivity index (χ0v) is 15.2. The number of pyridine rings is 1. The van der Waals surface area contributed by atoms with Crippen molar-refractivity contribution in [2.45, 2.75) is 50.6 Å². The second-order valence-electron chi connectivity index (χ2n) is 7.63. The lowest BCUT2D eigenvalue weighted by Gasteiger charge is -2.44. The van der Waals surface area contributed by atoms with Crippen molar-refractivity contribution in [1.82, 2.24) is 14.8 Å². The second-order valence-corrected chi connectivity index (χ2v) is 7.63. The molecule has 4 rings (SSSR count). The molecule has 2 saturated heterocycles. The Morgan fingerprint density at radius 3 is 2.35 bits per heavy atom. The van der Waals surface area contributed by atoms with E-state index in [0.717, 1.165) is 51.7 Å². The first-order valence-electron chi connectivity index (χ1n) is 9.83. The van der Waals surface area contributed by atoms with Gasteiger partial charge in [0.1, 0.15) is 0 Å². The van der Waals surface area contributed by atoms with Crippen LogP contribution < -0.4 is 0 Å². The third kappa shape index (κ3) is 3.75. The van der Waals surface area contributed by atoms with Crippen LogP contribution in [0.2, 0.25) is 0 Å². The van der Waals surface area contributed by atoms with E-state index < -0.39 is 0 Å². The molecule has 1 aromatic rings. The van der Waals surface area contributed by atoms with Crippen LogP contribution in [-0.4, -0.2) is 65.0 Å². The van der Waals surface area contributed by atoms with E-state index in [4.69, 9.17) is 4.74 Å². The van der Waals surface area contributed by atoms with Crippen molar-refractivity contribution in [2.24, 2.45) is 5.92 Å². The van der Waals surface area contributed by atoms with E-state index in [-0.39, 0.29) is 17.9 Å². The van der Waals surface area contributed by atoms with Gasteiger partial charge in [-0.15, -0.1) is 0 Å². The average Bonchev–Trinajstić information content (AvgIpc) is 3.55. The number of aromatic nitrogens is 1. The van der Waals surface area contributed by atoms with Gasteiger partial charge in [-0.1, -0.05) is 0 Å². The lowest BCUT2D eigenvalue weighted by atomic mass is 9.96. The zero-order chi connectivity index (χ0) is 17.9. The van der Waals surface area contributed by atoms with Crippen molar-refractivity contribution in [3.8, 4) is 0 Å². The van der Waals surface area contributed by atoms with Crippen molar-refractivity contribution < 1.29 is 14.3 Å². The molecular formula is C20H27N3O3. The number of rotatable bonds is 4. The number of carbonyl (C=O) groups excluding carboxylic acids is 2. The molecule has 6 heteroatoms. The third-order valence-corrected chi connectivity index (χ3v) is 5.82. The molecule has 3 aliphatic rings. The predicted molar refractivity (Wildman–Crippen MR) is 96.6 cm³/mol. The van der Waals surface area contributed by atoms with Gasteiger partial charge in [-0.25, -0.2) is 0 Å². The van der Waals surface area contributed by atoms with Gasteiger partial charge >= 0.3 is 0 Å². The molecular weight excluding hydrogens is 330 g/mol. The van der Waals surface area contributed by atoms with E-state index >= 15 is 0 Å². The predicted octanol–water partition coefficient (Wildman–Crippen LogP) is 2.10. The fourth-order valence-corrected chi connectivity index (χ4v) is 4.18. The molecule has 2 aliphatic heterocycles. The molecule has 3 heterocycles. The fraction of sp³-hybridized carbons (Fsp3) is 0.650. The van der Waals surface area contributed by atoms with Crippen LogP contribution in [0.3, 0.4) is 0 Å². The number of likely N-dealkylation sites (tertiary alicyclic amines) is 1. The molecule has 140 valence electrons. The molecule has 1 aliphatic carbocycles. The van der Waals surface area contributed by atoms with Crippen LogP contribution in [0.5, 0.6) is 0 Å². The molecule has 1 saturated carbocycles. The summed E-state index contributed by atoms with van der Waals surface area (Å²) in [5, 5.41) is 0. The fourth-order valence-electron chi connectivity index (χ4n) is 4.18. The van der Waals surface area contributed by atoms with E-state index in [0.29, 0.717) is 30.6 Å². The van der Waals surface area contributed by atoms with Crippen LogP contribution in [0.1, 0.15) is 48.9 Å². The molecule has 0 bridgehead atoms. The Labute approximate surface area is 154 Å². The summed E-state index contributed by atoms with van der Waals surface area (Å²) in [5.41, 5.74) is 0.640. The van der Waals surface area contributed by atoms with Crippen LogP contribution in [-0.2, 0) is 9.53 Å². The van der Waals surface area contributed by atoms with Crippen molar-refractivity contribution in [2.75, 3.05) is 26.3 Å². The lowest BCUT2D eigenvalue weighted by Crippen LogP contribution is -2.54. The van der Waals surface area contributed by atoms with E-state index in [1.807, 2.05) is 11.0 Å². The van der Waals surface area contributed by atoms with Crippen LogP contribution >= 0.6 is 0 Å². The average molecular weight is 357 g/mol. The van der Waals surface area contributed by atoms with Gasteiger partial charge in [0, 0.05) is 56.7 Å². The van der Waals surface area contributed by atoms with Crippen molar-refractivity contribution in [3.05, 3.63) is 30.1 Å². The van der Waals surface area contributed by atoms with E-state index in [2.05, 4.69) is 9.88 Å². The summed E-state index contributed by atoms with van der Waals surface area (Å²) >= 11 is 0. The highest BCUT2D eigenvalue weighted by atomic mass is 16.5. The summed E-state index contributed by atoms with van der Waals surface area (Å²) < 4.78 is 5.49. The van der Waals surface area contributed by atoms with Gasteiger partial charge < -0.3 is 14.5 Å². The highest BCUT2D eigenvalue weighted by molar-refractivity contribution is 5.94. The maximum atomic E-state index is 12.9. The first kappa shape index (κ1) is 17.5. The minimum Gasteiger partial charge on any atom is -0.381 e. The topological polar surface area (TPSA) is 62.7 Å². The molecule has 0 N–H and O–H groups in total. The molecule has 0 unspecified atom stereocenters. The number of nitrogens with zero attached hydrogens (tertiary/aromatic N) is 3. The molecule has 0 atom stereocenters. The molecule has 3 fully saturated rings. The lowest BCUT2D eigenvalue weighted by molar-refractivity contribution is -0.141. The molecule has 26 heavy (non-hydrogen) atoms. The summed E-state index contributed by atoms with van der Waals surface area (Å²) in [7, 11) is 0. The van der Waals surface area contributed by atoms with Crippen molar-refractivity contribution in [1.29, 1.82) is 0 Å².